The third kappa shape index (κ3) is 2.91. The predicted octanol–water partition coefficient (Wildman–Crippen LogP) is 0.623. The summed E-state index contributed by atoms with van der Waals surface area (Å²) in [5.74, 6) is 0. The van der Waals surface area contributed by atoms with Crippen LogP contribution in [0.25, 0.3) is 0 Å². The highest BCUT2D eigenvalue weighted by Crippen LogP contribution is 2.18. The molecule has 15 heavy (non-hydrogen) atoms. The van der Waals surface area contributed by atoms with E-state index in [4.69, 9.17) is 11.5 Å². The van der Waals surface area contributed by atoms with E-state index < -0.39 is 0 Å². The van der Waals surface area contributed by atoms with E-state index in [9.17, 15) is 0 Å². The highest BCUT2D eigenvalue weighted by Gasteiger charge is 2.22. The highest BCUT2D eigenvalue weighted by molar-refractivity contribution is 5.26. The Morgan fingerprint density at radius 1 is 1.20 bits per heavy atom. The van der Waals surface area contributed by atoms with Crippen LogP contribution in [0.4, 0.5) is 0 Å². The molecule has 0 aromatic carbocycles. The van der Waals surface area contributed by atoms with Gasteiger partial charge in [-0.2, -0.15) is 0 Å². The minimum Gasteiger partial charge on any atom is -0.321 e. The lowest BCUT2D eigenvalue weighted by molar-refractivity contribution is 0.315. The molecular formula is C12H21N3. The molecule has 0 aromatic heterocycles. The largest absolute Gasteiger partial charge is 0.321 e. The van der Waals surface area contributed by atoms with Gasteiger partial charge in [-0.3, -0.25) is 0 Å². The Morgan fingerprint density at radius 3 is 2.40 bits per heavy atom. The third-order valence-corrected chi connectivity index (χ3v) is 3.32. The fraction of sp³-hybridized carbons (Fsp3) is 0.667. The molecule has 0 bridgehead atoms. The van der Waals surface area contributed by atoms with E-state index in [0.29, 0.717) is 0 Å². The van der Waals surface area contributed by atoms with Gasteiger partial charge in [0.15, 0.2) is 0 Å². The average molecular weight is 207 g/mol. The van der Waals surface area contributed by atoms with Crippen molar-refractivity contribution in [3.8, 4) is 0 Å². The van der Waals surface area contributed by atoms with Gasteiger partial charge >= 0.3 is 0 Å². The molecule has 3 nitrogen and oxygen atoms in total. The number of hydrogen-bond acceptors (Lipinski definition) is 3. The van der Waals surface area contributed by atoms with Crippen LogP contribution in [0, 0.1) is 0 Å². The fourth-order valence-corrected chi connectivity index (χ4v) is 2.22. The molecule has 1 heterocycles. The van der Waals surface area contributed by atoms with Crippen molar-refractivity contribution >= 4 is 0 Å². The Kier molecular flexibility index (Phi) is 3.24. The molecule has 0 unspecified atom stereocenters. The zero-order chi connectivity index (χ0) is 10.7. The van der Waals surface area contributed by atoms with Crippen molar-refractivity contribution in [2.24, 2.45) is 11.5 Å². The second kappa shape index (κ2) is 4.47. The van der Waals surface area contributed by atoms with Crippen LogP contribution < -0.4 is 11.5 Å². The van der Waals surface area contributed by atoms with E-state index >= 15 is 0 Å². The normalized spacial score (nSPS) is 36.3. The van der Waals surface area contributed by atoms with Crippen LogP contribution in [0.3, 0.4) is 0 Å². The van der Waals surface area contributed by atoms with Gasteiger partial charge in [0, 0.05) is 12.6 Å². The lowest BCUT2D eigenvalue weighted by Gasteiger charge is -2.28. The molecule has 1 aliphatic heterocycles. The first-order valence-corrected chi connectivity index (χ1v) is 5.83. The van der Waals surface area contributed by atoms with Crippen molar-refractivity contribution < 1.29 is 0 Å². The molecule has 0 atom stereocenters. The van der Waals surface area contributed by atoms with Crippen molar-refractivity contribution in [3.63, 3.8) is 0 Å². The number of likely N-dealkylation sites (tertiary alicyclic amines) is 1. The topological polar surface area (TPSA) is 55.3 Å². The first kappa shape index (κ1) is 10.9. The molecular weight excluding hydrogens is 186 g/mol. The van der Waals surface area contributed by atoms with E-state index in [-0.39, 0.29) is 11.6 Å². The quantitative estimate of drug-likeness (QED) is 0.667. The van der Waals surface area contributed by atoms with Crippen LogP contribution in [0.5, 0.6) is 0 Å². The van der Waals surface area contributed by atoms with Crippen molar-refractivity contribution in [1.82, 2.24) is 4.90 Å². The van der Waals surface area contributed by atoms with Crippen molar-refractivity contribution in [2.75, 3.05) is 19.6 Å². The number of nitrogens with zero attached hydrogens (tertiary/aromatic N) is 1. The summed E-state index contributed by atoms with van der Waals surface area (Å²) in [6.45, 7) is 3.58. The second-order valence-electron chi connectivity index (χ2n) is 4.71. The van der Waals surface area contributed by atoms with Crippen molar-refractivity contribution in [3.05, 3.63) is 24.3 Å². The van der Waals surface area contributed by atoms with Crippen LogP contribution in [-0.2, 0) is 0 Å². The maximum atomic E-state index is 6.24. The molecule has 0 saturated carbocycles. The van der Waals surface area contributed by atoms with Gasteiger partial charge in [-0.05, 0) is 32.4 Å². The Hall–Kier alpha value is -0.640. The van der Waals surface area contributed by atoms with Gasteiger partial charge in [0.1, 0.15) is 0 Å². The van der Waals surface area contributed by atoms with Crippen LogP contribution in [0.15, 0.2) is 24.3 Å². The molecule has 0 radical (unpaired) electrons. The molecule has 1 aliphatic carbocycles. The van der Waals surface area contributed by atoms with Gasteiger partial charge in [-0.1, -0.05) is 24.3 Å². The summed E-state index contributed by atoms with van der Waals surface area (Å²) in [7, 11) is 0. The number of rotatable bonds is 3. The Bertz CT molecular complexity index is 250. The summed E-state index contributed by atoms with van der Waals surface area (Å²) in [4.78, 5) is 2.49. The molecule has 2 rings (SSSR count). The first-order chi connectivity index (χ1) is 7.18. The van der Waals surface area contributed by atoms with Gasteiger partial charge in [0.2, 0.25) is 0 Å². The SMILES string of the molecule is NC1C=CC(N)(CCN2CCCC2)C=C1. The maximum absolute atomic E-state index is 6.24. The standard InChI is InChI=1S/C12H21N3/c13-11-3-5-12(14,6-4-11)7-10-15-8-1-2-9-15/h3-6,11H,1-2,7-10,13-14H2. The fourth-order valence-electron chi connectivity index (χ4n) is 2.22. The van der Waals surface area contributed by atoms with E-state index in [1.807, 2.05) is 24.3 Å². The van der Waals surface area contributed by atoms with Crippen LogP contribution in [0.2, 0.25) is 0 Å². The number of nitrogens with two attached hydrogens (primary N) is 2. The molecule has 0 amide bonds. The van der Waals surface area contributed by atoms with Crippen LogP contribution >= 0.6 is 0 Å². The van der Waals surface area contributed by atoms with Gasteiger partial charge in [0.25, 0.3) is 0 Å². The molecule has 3 heteroatoms. The summed E-state index contributed by atoms with van der Waals surface area (Å²) in [5, 5.41) is 0. The monoisotopic (exact) mass is 207 g/mol. The predicted molar refractivity (Wildman–Crippen MR) is 63.5 cm³/mol. The summed E-state index contributed by atoms with van der Waals surface area (Å²) >= 11 is 0. The minimum absolute atomic E-state index is 0.0495. The smallest absolute Gasteiger partial charge is 0.0538 e. The van der Waals surface area contributed by atoms with Gasteiger partial charge in [0.05, 0.1) is 5.54 Å². The molecule has 1 fully saturated rings. The van der Waals surface area contributed by atoms with Gasteiger partial charge in [-0.15, -0.1) is 0 Å². The lowest BCUT2D eigenvalue weighted by atomic mass is 9.90. The molecule has 4 N–H and O–H groups in total. The molecule has 84 valence electrons. The summed E-state index contributed by atoms with van der Waals surface area (Å²) in [6, 6.07) is 0.0495. The number of hydrogen-bond donors (Lipinski definition) is 2. The van der Waals surface area contributed by atoms with E-state index in [0.717, 1.165) is 13.0 Å². The summed E-state index contributed by atoms with van der Waals surface area (Å²) in [6.07, 6.45) is 11.8. The summed E-state index contributed by atoms with van der Waals surface area (Å²) < 4.78 is 0. The first-order valence-electron chi connectivity index (χ1n) is 5.83. The Labute approximate surface area is 91.8 Å². The second-order valence-corrected chi connectivity index (χ2v) is 4.71. The minimum atomic E-state index is -0.265. The molecule has 2 aliphatic rings. The maximum Gasteiger partial charge on any atom is 0.0538 e. The Morgan fingerprint density at radius 2 is 1.80 bits per heavy atom. The lowest BCUT2D eigenvalue weighted by Crippen LogP contribution is -2.41. The van der Waals surface area contributed by atoms with Gasteiger partial charge in [-0.25, -0.2) is 0 Å². The molecule has 0 aromatic rings. The average Bonchev–Trinajstić information content (AvgIpc) is 2.73. The van der Waals surface area contributed by atoms with Crippen molar-refractivity contribution in [1.29, 1.82) is 0 Å². The zero-order valence-electron chi connectivity index (χ0n) is 9.23. The highest BCUT2D eigenvalue weighted by atomic mass is 15.1. The van der Waals surface area contributed by atoms with Gasteiger partial charge < -0.3 is 16.4 Å². The molecule has 0 spiro atoms. The van der Waals surface area contributed by atoms with E-state index in [2.05, 4.69) is 4.90 Å². The van der Waals surface area contributed by atoms with Crippen LogP contribution in [0.1, 0.15) is 19.3 Å². The Balaban J connectivity index is 1.83. The van der Waals surface area contributed by atoms with E-state index in [1.54, 1.807) is 0 Å². The summed E-state index contributed by atoms with van der Waals surface area (Å²) in [5.41, 5.74) is 11.7. The molecule has 1 saturated heterocycles. The zero-order valence-corrected chi connectivity index (χ0v) is 9.23. The van der Waals surface area contributed by atoms with Crippen LogP contribution in [-0.4, -0.2) is 36.1 Å². The van der Waals surface area contributed by atoms with Crippen molar-refractivity contribution in [2.45, 2.75) is 30.8 Å². The third-order valence-electron chi connectivity index (χ3n) is 3.32. The van der Waals surface area contributed by atoms with E-state index in [1.165, 1.54) is 25.9 Å².